The van der Waals surface area contributed by atoms with Gasteiger partial charge in [-0.05, 0) is 18.2 Å². The molecular formula is C17H10F3NO2. The van der Waals surface area contributed by atoms with Gasteiger partial charge >= 0.3 is 6.18 Å². The lowest BCUT2D eigenvalue weighted by Crippen LogP contribution is -2.20. The summed E-state index contributed by atoms with van der Waals surface area (Å²) >= 11 is 0. The SMILES string of the molecule is O=c1cc(C(F)(F)F)n2c3c(cccc13)COc1ccccc1-2. The maximum absolute atomic E-state index is 13.5. The third-order valence-electron chi connectivity index (χ3n) is 3.90. The monoisotopic (exact) mass is 317 g/mol. The van der Waals surface area contributed by atoms with Gasteiger partial charge in [-0.15, -0.1) is 0 Å². The van der Waals surface area contributed by atoms with Crippen LogP contribution in [0.15, 0.2) is 53.3 Å². The van der Waals surface area contributed by atoms with Crippen molar-refractivity contribution in [2.24, 2.45) is 0 Å². The maximum atomic E-state index is 13.5. The molecule has 4 rings (SSSR count). The highest BCUT2D eigenvalue weighted by atomic mass is 19.4. The number of halogens is 3. The van der Waals surface area contributed by atoms with Crippen LogP contribution in [-0.4, -0.2) is 4.57 Å². The first-order chi connectivity index (χ1) is 11.0. The first-order valence-corrected chi connectivity index (χ1v) is 6.94. The minimum Gasteiger partial charge on any atom is -0.487 e. The predicted molar refractivity (Wildman–Crippen MR) is 78.9 cm³/mol. The van der Waals surface area contributed by atoms with E-state index < -0.39 is 17.3 Å². The van der Waals surface area contributed by atoms with E-state index in [0.717, 1.165) is 4.57 Å². The van der Waals surface area contributed by atoms with E-state index in [1.807, 2.05) is 0 Å². The molecule has 0 saturated carbocycles. The molecule has 2 aromatic carbocycles. The molecule has 6 heteroatoms. The number of ether oxygens (including phenoxy) is 1. The van der Waals surface area contributed by atoms with Crippen LogP contribution in [0.3, 0.4) is 0 Å². The Morgan fingerprint density at radius 3 is 2.61 bits per heavy atom. The Morgan fingerprint density at radius 2 is 1.83 bits per heavy atom. The lowest BCUT2D eigenvalue weighted by molar-refractivity contribution is -0.142. The molecule has 2 heterocycles. The second-order valence-corrected chi connectivity index (χ2v) is 5.30. The largest absolute Gasteiger partial charge is 0.487 e. The number of hydrogen-bond acceptors (Lipinski definition) is 2. The zero-order chi connectivity index (χ0) is 16.2. The molecule has 0 spiro atoms. The fourth-order valence-electron chi connectivity index (χ4n) is 2.94. The Balaban J connectivity index is 2.28. The van der Waals surface area contributed by atoms with E-state index in [4.69, 9.17) is 4.74 Å². The number of nitrogens with zero attached hydrogens (tertiary/aromatic N) is 1. The van der Waals surface area contributed by atoms with Gasteiger partial charge in [0.05, 0.1) is 11.2 Å². The molecular weight excluding hydrogens is 307 g/mol. The number of alkyl halides is 3. The van der Waals surface area contributed by atoms with Crippen molar-refractivity contribution in [2.45, 2.75) is 12.8 Å². The summed E-state index contributed by atoms with van der Waals surface area (Å²) in [4.78, 5) is 12.2. The molecule has 0 bridgehead atoms. The Morgan fingerprint density at radius 1 is 1.04 bits per heavy atom. The first-order valence-electron chi connectivity index (χ1n) is 6.94. The number of benzene rings is 2. The zero-order valence-electron chi connectivity index (χ0n) is 11.7. The quantitative estimate of drug-likeness (QED) is 0.629. The van der Waals surface area contributed by atoms with Crippen LogP contribution in [-0.2, 0) is 12.8 Å². The normalized spacial score (nSPS) is 13.3. The summed E-state index contributed by atoms with van der Waals surface area (Å²) in [5, 5.41) is 0.246. The van der Waals surface area contributed by atoms with Crippen LogP contribution in [0.2, 0.25) is 0 Å². The van der Waals surface area contributed by atoms with Gasteiger partial charge in [-0.3, -0.25) is 4.79 Å². The van der Waals surface area contributed by atoms with Crippen molar-refractivity contribution in [3.63, 3.8) is 0 Å². The topological polar surface area (TPSA) is 31.2 Å². The first kappa shape index (κ1) is 13.9. The Kier molecular flexibility index (Phi) is 2.78. The van der Waals surface area contributed by atoms with Crippen molar-refractivity contribution >= 4 is 10.9 Å². The minimum absolute atomic E-state index is 0.106. The number of aromatic nitrogens is 1. The second kappa shape index (κ2) is 4.62. The van der Waals surface area contributed by atoms with Crippen LogP contribution >= 0.6 is 0 Å². The molecule has 0 unspecified atom stereocenters. The van der Waals surface area contributed by atoms with Crippen molar-refractivity contribution in [3.05, 3.63) is 70.0 Å². The third kappa shape index (κ3) is 2.02. The molecule has 116 valence electrons. The van der Waals surface area contributed by atoms with Gasteiger partial charge < -0.3 is 9.30 Å². The molecule has 0 amide bonds. The van der Waals surface area contributed by atoms with E-state index in [-0.39, 0.29) is 23.2 Å². The van der Waals surface area contributed by atoms with Gasteiger partial charge in [0, 0.05) is 17.0 Å². The highest BCUT2D eigenvalue weighted by Gasteiger charge is 2.37. The fraction of sp³-hybridized carbons (Fsp3) is 0.118. The molecule has 0 saturated heterocycles. The van der Waals surface area contributed by atoms with Crippen molar-refractivity contribution in [2.75, 3.05) is 0 Å². The summed E-state index contributed by atoms with van der Waals surface area (Å²) in [5.41, 5.74) is -0.584. The van der Waals surface area contributed by atoms with E-state index in [1.165, 1.54) is 6.07 Å². The second-order valence-electron chi connectivity index (χ2n) is 5.30. The van der Waals surface area contributed by atoms with Gasteiger partial charge in [0.1, 0.15) is 18.1 Å². The number of hydrogen-bond donors (Lipinski definition) is 0. The van der Waals surface area contributed by atoms with E-state index in [0.29, 0.717) is 17.4 Å². The molecule has 0 radical (unpaired) electrons. The van der Waals surface area contributed by atoms with Gasteiger partial charge in [-0.25, -0.2) is 0 Å². The Bertz CT molecular complexity index is 989. The van der Waals surface area contributed by atoms with Gasteiger partial charge in [0.15, 0.2) is 5.43 Å². The van der Waals surface area contributed by atoms with Crippen molar-refractivity contribution < 1.29 is 17.9 Å². The zero-order valence-corrected chi connectivity index (χ0v) is 11.7. The highest BCUT2D eigenvalue weighted by Crippen LogP contribution is 2.38. The van der Waals surface area contributed by atoms with Gasteiger partial charge in [0.2, 0.25) is 0 Å². The number of rotatable bonds is 0. The molecule has 0 aliphatic carbocycles. The standard InChI is InChI=1S/C17H10F3NO2/c18-17(19,20)15-8-13(22)11-5-3-4-10-9-23-14-7-2-1-6-12(14)21(15)16(10)11/h1-8H,9H2. The van der Waals surface area contributed by atoms with E-state index in [9.17, 15) is 18.0 Å². The molecule has 3 nitrogen and oxygen atoms in total. The molecule has 3 aromatic rings. The van der Waals surface area contributed by atoms with Crippen LogP contribution in [0, 0.1) is 0 Å². The molecule has 1 aliphatic heterocycles. The van der Waals surface area contributed by atoms with Gasteiger partial charge in [0.25, 0.3) is 0 Å². The average molecular weight is 317 g/mol. The van der Waals surface area contributed by atoms with Gasteiger partial charge in [-0.2, -0.15) is 13.2 Å². The summed E-state index contributed by atoms with van der Waals surface area (Å²) in [6.45, 7) is 0.106. The number of fused-ring (bicyclic) bond motifs is 2. The lowest BCUT2D eigenvalue weighted by Gasteiger charge is -2.19. The van der Waals surface area contributed by atoms with Gasteiger partial charge in [-0.1, -0.05) is 24.3 Å². The molecule has 0 fully saturated rings. The summed E-state index contributed by atoms with van der Waals surface area (Å²) < 4.78 is 47.3. The number of para-hydroxylation sites is 3. The summed E-state index contributed by atoms with van der Waals surface area (Å²) in [6, 6.07) is 12.0. The summed E-state index contributed by atoms with van der Waals surface area (Å²) in [5.74, 6) is 0.346. The predicted octanol–water partition coefficient (Wildman–Crippen LogP) is 3.90. The van der Waals surface area contributed by atoms with Crippen LogP contribution in [0.5, 0.6) is 5.75 Å². The van der Waals surface area contributed by atoms with Crippen LogP contribution in [0.25, 0.3) is 16.6 Å². The summed E-state index contributed by atoms with van der Waals surface area (Å²) in [6.07, 6.45) is -4.65. The Labute approximate surface area is 128 Å². The molecule has 0 atom stereocenters. The van der Waals surface area contributed by atoms with Crippen molar-refractivity contribution in [1.82, 2.24) is 4.57 Å². The van der Waals surface area contributed by atoms with Crippen LogP contribution < -0.4 is 10.2 Å². The van der Waals surface area contributed by atoms with Crippen LogP contribution in [0.1, 0.15) is 11.3 Å². The number of pyridine rings is 1. The average Bonchev–Trinajstić information content (AvgIpc) is 2.68. The van der Waals surface area contributed by atoms with Crippen LogP contribution in [0.4, 0.5) is 13.2 Å². The maximum Gasteiger partial charge on any atom is 0.431 e. The van der Waals surface area contributed by atoms with E-state index >= 15 is 0 Å². The fourth-order valence-corrected chi connectivity index (χ4v) is 2.94. The molecule has 0 N–H and O–H groups in total. The van der Waals surface area contributed by atoms with E-state index in [2.05, 4.69) is 0 Å². The lowest BCUT2D eigenvalue weighted by atomic mass is 10.1. The van der Waals surface area contributed by atoms with Crippen molar-refractivity contribution in [1.29, 1.82) is 0 Å². The smallest absolute Gasteiger partial charge is 0.431 e. The highest BCUT2D eigenvalue weighted by molar-refractivity contribution is 5.85. The molecule has 1 aliphatic rings. The minimum atomic E-state index is -4.65. The van der Waals surface area contributed by atoms with E-state index in [1.54, 1.807) is 36.4 Å². The molecule has 23 heavy (non-hydrogen) atoms. The summed E-state index contributed by atoms with van der Waals surface area (Å²) in [7, 11) is 0. The third-order valence-corrected chi connectivity index (χ3v) is 3.90. The molecule has 1 aromatic heterocycles. The van der Waals surface area contributed by atoms with Crippen molar-refractivity contribution in [3.8, 4) is 11.4 Å². The Hall–Kier alpha value is -2.76.